The Bertz CT molecular complexity index is 1770. The highest BCUT2D eigenvalue weighted by Gasteiger charge is 2.06. The van der Waals surface area contributed by atoms with Gasteiger partial charge in [0.15, 0.2) is 0 Å². The van der Waals surface area contributed by atoms with E-state index in [2.05, 4.69) is 168 Å². The molecule has 2 heteroatoms. The molecule has 0 unspecified atom stereocenters. The lowest BCUT2D eigenvalue weighted by Gasteiger charge is -2.13. The molecule has 0 atom stereocenters. The van der Waals surface area contributed by atoms with E-state index < -0.39 is 0 Å². The summed E-state index contributed by atoms with van der Waals surface area (Å²) in [7, 11) is 1.99. The predicted octanol–water partition coefficient (Wildman–Crippen LogP) is 10.2. The highest BCUT2D eigenvalue weighted by molar-refractivity contribution is 5.81. The smallest absolute Gasteiger partial charge is 0.0463 e. The monoisotopic (exact) mass is 542 g/mol. The number of hydrogen-bond donors (Lipinski definition) is 2. The Morgan fingerprint density at radius 1 is 0.524 bits per heavy atom. The molecule has 0 saturated carbocycles. The van der Waals surface area contributed by atoms with Crippen LogP contribution in [0.4, 0.5) is 11.4 Å². The second kappa shape index (κ2) is 12.9. The normalized spacial score (nSPS) is 11.2. The molecule has 204 valence electrons. The van der Waals surface area contributed by atoms with Gasteiger partial charge in [-0.05, 0) is 63.2 Å². The number of benzene rings is 6. The highest BCUT2D eigenvalue weighted by atomic mass is 14.9. The maximum atomic E-state index is 3.60. The molecule has 6 aromatic carbocycles. The van der Waals surface area contributed by atoms with Crippen molar-refractivity contribution in [3.8, 4) is 33.4 Å². The van der Waals surface area contributed by atoms with Gasteiger partial charge in [0.1, 0.15) is 0 Å². The number of nitrogens with one attached hydrogen (secondary N) is 2. The van der Waals surface area contributed by atoms with Crippen LogP contribution in [0.1, 0.15) is 11.1 Å². The van der Waals surface area contributed by atoms with E-state index in [-0.39, 0.29) is 0 Å². The van der Waals surface area contributed by atoms with E-state index in [4.69, 9.17) is 0 Å². The first-order valence-electron chi connectivity index (χ1n) is 14.4. The van der Waals surface area contributed by atoms with Crippen molar-refractivity contribution in [2.24, 2.45) is 0 Å². The summed E-state index contributed by atoms with van der Waals surface area (Å²) in [6, 6.07) is 55.7. The van der Waals surface area contributed by atoms with Crippen molar-refractivity contribution in [1.82, 2.24) is 5.32 Å². The largest absolute Gasteiger partial charge is 0.391 e. The molecule has 0 aliphatic carbocycles. The maximum Gasteiger partial charge on any atom is 0.0463 e. The molecular formula is C40H34N2. The van der Waals surface area contributed by atoms with Crippen molar-refractivity contribution in [3.05, 3.63) is 175 Å². The third-order valence-electron chi connectivity index (χ3n) is 7.51. The van der Waals surface area contributed by atoms with E-state index in [1.165, 1.54) is 44.6 Å². The summed E-state index contributed by atoms with van der Waals surface area (Å²) in [5.41, 5.74) is 13.1. The molecule has 42 heavy (non-hydrogen) atoms. The second-order valence-electron chi connectivity index (χ2n) is 10.4. The standard InChI is InChI=1S/C40H34N2/c1-41-38(29-31-11-10-16-36(27-31)34-23-21-33(22-24-34)32-12-4-2-5-13-32)28-30-19-25-37(26-20-30)42-40-18-9-8-17-39(40)35-14-6-3-7-15-35/h2-28,41-42H,29H2,1H3/b38-28-. The topological polar surface area (TPSA) is 24.1 Å². The lowest BCUT2D eigenvalue weighted by molar-refractivity contribution is 0.932. The Balaban J connectivity index is 1.15. The Hall–Kier alpha value is -5.34. The molecular weight excluding hydrogens is 508 g/mol. The molecule has 2 nitrogen and oxygen atoms in total. The number of para-hydroxylation sites is 1. The van der Waals surface area contributed by atoms with E-state index in [1.54, 1.807) is 0 Å². The van der Waals surface area contributed by atoms with Gasteiger partial charge in [-0.1, -0.05) is 140 Å². The van der Waals surface area contributed by atoms with Crippen molar-refractivity contribution < 1.29 is 0 Å². The molecule has 0 bridgehead atoms. The van der Waals surface area contributed by atoms with E-state index in [9.17, 15) is 0 Å². The first-order chi connectivity index (χ1) is 20.7. The lowest BCUT2D eigenvalue weighted by Crippen LogP contribution is -2.08. The minimum absolute atomic E-state index is 0.830. The second-order valence-corrected chi connectivity index (χ2v) is 10.4. The van der Waals surface area contributed by atoms with Gasteiger partial charge in [-0.15, -0.1) is 0 Å². The summed E-state index contributed by atoms with van der Waals surface area (Å²) in [5.74, 6) is 0. The fraction of sp³-hybridized carbons (Fsp3) is 0.0500. The molecule has 0 heterocycles. The third kappa shape index (κ3) is 6.51. The van der Waals surface area contributed by atoms with Crippen molar-refractivity contribution in [2.45, 2.75) is 6.42 Å². The van der Waals surface area contributed by atoms with Crippen molar-refractivity contribution in [1.29, 1.82) is 0 Å². The fourth-order valence-corrected chi connectivity index (χ4v) is 5.26. The molecule has 6 aromatic rings. The van der Waals surface area contributed by atoms with Gasteiger partial charge in [0, 0.05) is 36.1 Å². The molecule has 0 radical (unpaired) electrons. The minimum atomic E-state index is 0.830. The highest BCUT2D eigenvalue weighted by Crippen LogP contribution is 2.30. The van der Waals surface area contributed by atoms with Crippen LogP contribution in [-0.4, -0.2) is 7.05 Å². The van der Waals surface area contributed by atoms with E-state index >= 15 is 0 Å². The molecule has 0 aliphatic heterocycles. The van der Waals surface area contributed by atoms with Gasteiger partial charge >= 0.3 is 0 Å². The van der Waals surface area contributed by atoms with Gasteiger partial charge in [0.25, 0.3) is 0 Å². The van der Waals surface area contributed by atoms with Crippen LogP contribution in [0.3, 0.4) is 0 Å². The number of rotatable bonds is 9. The van der Waals surface area contributed by atoms with Crippen molar-refractivity contribution >= 4 is 17.5 Å². The van der Waals surface area contributed by atoms with Gasteiger partial charge in [0.2, 0.25) is 0 Å². The summed E-state index contributed by atoms with van der Waals surface area (Å²) in [5, 5.41) is 7.01. The van der Waals surface area contributed by atoms with Gasteiger partial charge in [0.05, 0.1) is 0 Å². The Morgan fingerprint density at radius 2 is 1.10 bits per heavy atom. The quantitative estimate of drug-likeness (QED) is 0.190. The number of anilines is 2. The number of hydrogen-bond acceptors (Lipinski definition) is 2. The molecule has 0 saturated heterocycles. The molecule has 0 fully saturated rings. The van der Waals surface area contributed by atoms with Gasteiger partial charge in [-0.25, -0.2) is 0 Å². The summed E-state index contributed by atoms with van der Waals surface area (Å²) in [6.45, 7) is 0. The van der Waals surface area contributed by atoms with E-state index in [1.807, 2.05) is 13.1 Å². The van der Waals surface area contributed by atoms with Gasteiger partial charge < -0.3 is 10.6 Å². The first-order valence-corrected chi connectivity index (χ1v) is 14.4. The molecule has 6 rings (SSSR count). The first kappa shape index (κ1) is 26.9. The zero-order valence-corrected chi connectivity index (χ0v) is 23.8. The van der Waals surface area contributed by atoms with Crippen LogP contribution < -0.4 is 10.6 Å². The van der Waals surface area contributed by atoms with Gasteiger partial charge in [-0.3, -0.25) is 0 Å². The Labute approximate surface area is 249 Å². The molecule has 0 aromatic heterocycles. The van der Waals surface area contributed by atoms with Crippen LogP contribution in [0.5, 0.6) is 0 Å². The summed E-state index contributed by atoms with van der Waals surface area (Å²) in [4.78, 5) is 0. The van der Waals surface area contributed by atoms with Crippen LogP contribution in [0.15, 0.2) is 163 Å². The molecule has 2 N–H and O–H groups in total. The lowest BCUT2D eigenvalue weighted by atomic mass is 9.98. The Kier molecular flexibility index (Phi) is 8.24. The van der Waals surface area contributed by atoms with Crippen molar-refractivity contribution in [2.75, 3.05) is 12.4 Å². The zero-order valence-electron chi connectivity index (χ0n) is 23.8. The average Bonchev–Trinajstić information content (AvgIpc) is 3.06. The van der Waals surface area contributed by atoms with Crippen molar-refractivity contribution in [3.63, 3.8) is 0 Å². The average molecular weight is 543 g/mol. The van der Waals surface area contributed by atoms with E-state index in [0.29, 0.717) is 0 Å². The fourth-order valence-electron chi connectivity index (χ4n) is 5.26. The third-order valence-corrected chi connectivity index (χ3v) is 7.51. The van der Waals surface area contributed by atoms with E-state index in [0.717, 1.165) is 23.4 Å². The summed E-state index contributed by atoms with van der Waals surface area (Å²) < 4.78 is 0. The molecule has 0 aliphatic rings. The maximum absolute atomic E-state index is 3.60. The molecule has 0 amide bonds. The van der Waals surface area contributed by atoms with Crippen LogP contribution in [0, 0.1) is 0 Å². The van der Waals surface area contributed by atoms with Gasteiger partial charge in [-0.2, -0.15) is 0 Å². The number of allylic oxidation sites excluding steroid dienone is 1. The predicted molar refractivity (Wildman–Crippen MR) is 180 cm³/mol. The zero-order chi connectivity index (χ0) is 28.6. The summed E-state index contributed by atoms with van der Waals surface area (Å²) >= 11 is 0. The SMILES string of the molecule is CN/C(=C\c1ccc(Nc2ccccc2-c2ccccc2)cc1)Cc1cccc(-c2ccc(-c3ccccc3)cc2)c1. The van der Waals surface area contributed by atoms with Crippen LogP contribution in [0.2, 0.25) is 0 Å². The van der Waals surface area contributed by atoms with Crippen LogP contribution in [-0.2, 0) is 6.42 Å². The van der Waals surface area contributed by atoms with Crippen LogP contribution >= 0.6 is 0 Å². The Morgan fingerprint density at radius 3 is 1.79 bits per heavy atom. The summed E-state index contributed by atoms with van der Waals surface area (Å²) in [6.07, 6.45) is 3.06. The van der Waals surface area contributed by atoms with Crippen LogP contribution in [0.25, 0.3) is 39.5 Å². The number of likely N-dealkylation sites (N-methyl/N-ethyl adjacent to an activating group) is 1. The minimum Gasteiger partial charge on any atom is -0.391 e. The molecule has 0 spiro atoms.